The Morgan fingerprint density at radius 1 is 1.14 bits per heavy atom. The van der Waals surface area contributed by atoms with Crippen molar-refractivity contribution < 1.29 is 14.6 Å². The van der Waals surface area contributed by atoms with Gasteiger partial charge in [0.05, 0.1) is 3.57 Å². The Morgan fingerprint density at radius 3 is 2.23 bits per heavy atom. The van der Waals surface area contributed by atoms with Crippen LogP contribution < -0.4 is 0 Å². The molecular formula is C18H17IO3. The highest BCUT2D eigenvalue weighted by atomic mass is 127. The summed E-state index contributed by atoms with van der Waals surface area (Å²) in [6.45, 7) is 1.62. The van der Waals surface area contributed by atoms with E-state index < -0.39 is 0 Å². The van der Waals surface area contributed by atoms with Gasteiger partial charge in [-0.05, 0) is 53.8 Å². The van der Waals surface area contributed by atoms with Crippen molar-refractivity contribution in [2.24, 2.45) is 0 Å². The molecule has 0 fully saturated rings. The van der Waals surface area contributed by atoms with Crippen LogP contribution in [0.5, 0.6) is 5.75 Å². The van der Waals surface area contributed by atoms with Crippen LogP contribution in [0.25, 0.3) is 11.0 Å². The fourth-order valence-electron chi connectivity index (χ4n) is 1.57. The summed E-state index contributed by atoms with van der Waals surface area (Å²) in [6, 6.07) is 16.8. The van der Waals surface area contributed by atoms with Crippen LogP contribution in [0, 0.1) is 15.9 Å². The number of aromatic hydroxyl groups is 1. The van der Waals surface area contributed by atoms with Crippen molar-refractivity contribution in [3.8, 4) is 18.1 Å². The number of aliphatic hydroxyl groups is 1. The molecule has 2 N–H and O–H groups in total. The fourth-order valence-corrected chi connectivity index (χ4v) is 1.95. The minimum Gasteiger partial charge on any atom is -0.507 e. The Kier molecular flexibility index (Phi) is 8.11. The molecule has 0 unspecified atom stereocenters. The molecule has 1 heterocycles. The fraction of sp³-hybridized carbons (Fsp3) is 0.111. The molecule has 0 radical (unpaired) electrons. The first-order chi connectivity index (χ1) is 10.6. The third-order valence-corrected chi connectivity index (χ3v) is 3.40. The van der Waals surface area contributed by atoms with Gasteiger partial charge in [-0.2, -0.15) is 0 Å². The maximum atomic E-state index is 8.91. The molecule has 22 heavy (non-hydrogen) atoms. The van der Waals surface area contributed by atoms with Crippen molar-refractivity contribution in [1.82, 2.24) is 0 Å². The van der Waals surface area contributed by atoms with Gasteiger partial charge in [-0.3, -0.25) is 0 Å². The van der Waals surface area contributed by atoms with Gasteiger partial charge in [0.2, 0.25) is 0 Å². The Balaban J connectivity index is 0.000000194. The molecule has 4 heteroatoms. The Labute approximate surface area is 143 Å². The first-order valence-electron chi connectivity index (χ1n) is 6.51. The van der Waals surface area contributed by atoms with Crippen LogP contribution in [0.1, 0.15) is 12.7 Å². The third kappa shape index (κ3) is 5.80. The lowest BCUT2D eigenvalue weighted by atomic mass is 10.2. The molecule has 0 atom stereocenters. The second-order valence-electron chi connectivity index (χ2n) is 4.15. The largest absolute Gasteiger partial charge is 0.507 e. The van der Waals surface area contributed by atoms with Crippen molar-refractivity contribution in [2.45, 2.75) is 13.5 Å². The van der Waals surface area contributed by atoms with Gasteiger partial charge in [0.15, 0.2) is 0 Å². The summed E-state index contributed by atoms with van der Waals surface area (Å²) in [5, 5.41) is 18.7. The number of furan rings is 1. The number of phenols is 1. The lowest BCUT2D eigenvalue weighted by Gasteiger charge is -1.90. The average molecular weight is 408 g/mol. The van der Waals surface area contributed by atoms with Gasteiger partial charge in [0, 0.05) is 5.39 Å². The van der Waals surface area contributed by atoms with Gasteiger partial charge in [-0.15, -0.1) is 12.3 Å². The summed E-state index contributed by atoms with van der Waals surface area (Å²) < 4.78 is 6.16. The van der Waals surface area contributed by atoms with Crippen molar-refractivity contribution in [1.29, 1.82) is 0 Å². The topological polar surface area (TPSA) is 53.6 Å². The normalized spacial score (nSPS) is 9.00. The molecule has 1 aromatic heterocycles. The standard InChI is InChI=1S/C9H8O2.C6H5IO.C3H4/c10-6-8-5-7-3-1-2-4-9(7)11-8;7-5-3-1-2-4-6(5)8;1-3-2/h1-5,10H,6H2;1-4,8H;1H,2H3. The molecule has 114 valence electrons. The van der Waals surface area contributed by atoms with E-state index in [1.54, 1.807) is 19.1 Å². The number of phenolic OH excluding ortho intramolecular Hbond substituents is 1. The number of aliphatic hydroxyl groups excluding tert-OH is 1. The minimum atomic E-state index is -0.0331. The molecule has 0 saturated carbocycles. The number of terminal acetylenes is 1. The van der Waals surface area contributed by atoms with Gasteiger partial charge in [0.25, 0.3) is 0 Å². The molecule has 2 aromatic carbocycles. The highest BCUT2D eigenvalue weighted by molar-refractivity contribution is 14.1. The number of rotatable bonds is 1. The quantitative estimate of drug-likeness (QED) is 0.459. The van der Waals surface area contributed by atoms with E-state index in [0.717, 1.165) is 14.5 Å². The van der Waals surface area contributed by atoms with E-state index >= 15 is 0 Å². The van der Waals surface area contributed by atoms with Gasteiger partial charge in [-0.1, -0.05) is 30.3 Å². The molecule has 0 aliphatic rings. The first kappa shape index (κ1) is 18.1. The van der Waals surface area contributed by atoms with Gasteiger partial charge in [-0.25, -0.2) is 0 Å². The zero-order valence-electron chi connectivity index (χ0n) is 12.2. The minimum absolute atomic E-state index is 0.0331. The highest BCUT2D eigenvalue weighted by Crippen LogP contribution is 2.18. The van der Waals surface area contributed by atoms with Gasteiger partial charge in [0.1, 0.15) is 23.7 Å². The van der Waals surface area contributed by atoms with E-state index in [9.17, 15) is 0 Å². The molecule has 0 saturated heterocycles. The maximum Gasteiger partial charge on any atom is 0.134 e. The van der Waals surface area contributed by atoms with Crippen LogP contribution >= 0.6 is 22.6 Å². The number of fused-ring (bicyclic) bond motifs is 1. The summed E-state index contributed by atoms with van der Waals surface area (Å²) >= 11 is 2.07. The zero-order valence-corrected chi connectivity index (χ0v) is 14.3. The summed E-state index contributed by atoms with van der Waals surface area (Å²) in [6.07, 6.45) is 4.60. The Bertz CT molecular complexity index is 687. The van der Waals surface area contributed by atoms with Crippen LogP contribution in [0.15, 0.2) is 59.0 Å². The zero-order chi connectivity index (χ0) is 16.4. The summed E-state index contributed by atoms with van der Waals surface area (Å²) in [7, 11) is 0. The number of para-hydroxylation sites is 2. The predicted octanol–water partition coefficient (Wildman–Crippen LogP) is 4.56. The molecule has 3 nitrogen and oxygen atoms in total. The second kappa shape index (κ2) is 9.87. The second-order valence-corrected chi connectivity index (χ2v) is 5.31. The van der Waals surface area contributed by atoms with Crippen LogP contribution in [0.2, 0.25) is 0 Å². The lowest BCUT2D eigenvalue weighted by molar-refractivity contribution is 0.251. The molecule has 3 rings (SSSR count). The van der Waals surface area contributed by atoms with E-state index in [1.807, 2.05) is 42.5 Å². The number of halogens is 1. The molecule has 0 spiro atoms. The third-order valence-electron chi connectivity index (χ3n) is 2.48. The van der Waals surface area contributed by atoms with Crippen LogP contribution in [-0.2, 0) is 6.61 Å². The SMILES string of the molecule is C#CC.OCc1cc2ccccc2o1.Oc1ccccc1I. The van der Waals surface area contributed by atoms with E-state index in [4.69, 9.17) is 14.6 Å². The molecule has 3 aromatic rings. The maximum absolute atomic E-state index is 8.91. The number of hydrogen-bond donors (Lipinski definition) is 2. The van der Waals surface area contributed by atoms with E-state index in [1.165, 1.54) is 0 Å². The molecule has 0 aliphatic heterocycles. The van der Waals surface area contributed by atoms with Crippen molar-refractivity contribution >= 4 is 33.6 Å². The van der Waals surface area contributed by atoms with Crippen LogP contribution in [0.4, 0.5) is 0 Å². The number of hydrogen-bond acceptors (Lipinski definition) is 3. The average Bonchev–Trinajstić information content (AvgIpc) is 2.95. The summed E-state index contributed by atoms with van der Waals surface area (Å²) in [4.78, 5) is 0. The molecule has 0 amide bonds. The Hall–Kier alpha value is -1.97. The van der Waals surface area contributed by atoms with Gasteiger partial charge < -0.3 is 14.6 Å². The molecule has 0 bridgehead atoms. The summed E-state index contributed by atoms with van der Waals surface area (Å²) in [5.41, 5.74) is 0.830. The van der Waals surface area contributed by atoms with E-state index in [-0.39, 0.29) is 6.61 Å². The number of benzene rings is 2. The summed E-state index contributed by atoms with van der Waals surface area (Å²) in [5.74, 6) is 3.22. The lowest BCUT2D eigenvalue weighted by Crippen LogP contribution is -1.72. The first-order valence-corrected chi connectivity index (χ1v) is 7.59. The van der Waals surface area contributed by atoms with Crippen molar-refractivity contribution in [3.63, 3.8) is 0 Å². The Morgan fingerprint density at radius 2 is 1.73 bits per heavy atom. The van der Waals surface area contributed by atoms with Crippen LogP contribution in [0.3, 0.4) is 0 Å². The monoisotopic (exact) mass is 408 g/mol. The van der Waals surface area contributed by atoms with E-state index in [2.05, 4.69) is 34.9 Å². The van der Waals surface area contributed by atoms with Crippen molar-refractivity contribution in [3.05, 3.63) is 63.9 Å². The molecular weight excluding hydrogens is 391 g/mol. The van der Waals surface area contributed by atoms with E-state index in [0.29, 0.717) is 11.5 Å². The van der Waals surface area contributed by atoms with Gasteiger partial charge >= 0.3 is 0 Å². The smallest absolute Gasteiger partial charge is 0.134 e. The van der Waals surface area contributed by atoms with Crippen molar-refractivity contribution in [2.75, 3.05) is 0 Å². The van der Waals surface area contributed by atoms with Crippen LogP contribution in [-0.4, -0.2) is 10.2 Å². The predicted molar refractivity (Wildman–Crippen MR) is 97.5 cm³/mol. The molecule has 0 aliphatic carbocycles. The highest BCUT2D eigenvalue weighted by Gasteiger charge is 1.99.